The van der Waals surface area contributed by atoms with Gasteiger partial charge in [0.25, 0.3) is 0 Å². The van der Waals surface area contributed by atoms with Crippen molar-refractivity contribution in [3.05, 3.63) is 34.6 Å². The number of hydrogen-bond acceptors (Lipinski definition) is 4. The minimum absolute atomic E-state index is 0.0793. The van der Waals surface area contributed by atoms with E-state index in [0.29, 0.717) is 12.3 Å². The zero-order valence-corrected chi connectivity index (χ0v) is 15.2. The van der Waals surface area contributed by atoms with Crippen LogP contribution in [0.2, 0.25) is 0 Å². The number of esters is 1. The van der Waals surface area contributed by atoms with Crippen LogP contribution in [0.4, 0.5) is 0 Å². The van der Waals surface area contributed by atoms with E-state index >= 15 is 0 Å². The van der Waals surface area contributed by atoms with E-state index in [-0.39, 0.29) is 23.9 Å². The van der Waals surface area contributed by atoms with Crippen LogP contribution in [0, 0.1) is 23.7 Å². The Morgan fingerprint density at radius 3 is 2.78 bits per heavy atom. The quantitative estimate of drug-likeness (QED) is 0.799. The highest BCUT2D eigenvalue weighted by atomic mass is 79.9. The van der Waals surface area contributed by atoms with Crippen LogP contribution < -0.4 is 0 Å². The molecular formula is C18H22BrNO3. The molecule has 1 aliphatic heterocycles. The van der Waals surface area contributed by atoms with Gasteiger partial charge in [-0.25, -0.2) is 4.79 Å². The lowest BCUT2D eigenvalue weighted by molar-refractivity contribution is -0.160. The van der Waals surface area contributed by atoms with Gasteiger partial charge in [-0.2, -0.15) is 0 Å². The molecule has 2 heterocycles. The van der Waals surface area contributed by atoms with Gasteiger partial charge in [0.15, 0.2) is 5.60 Å². The van der Waals surface area contributed by atoms with Gasteiger partial charge < -0.3 is 9.84 Å². The lowest BCUT2D eigenvalue weighted by Crippen LogP contribution is -2.52. The Morgan fingerprint density at radius 1 is 1.39 bits per heavy atom. The van der Waals surface area contributed by atoms with Crippen molar-refractivity contribution in [1.29, 1.82) is 0 Å². The van der Waals surface area contributed by atoms with Crippen molar-refractivity contribution in [2.24, 2.45) is 23.7 Å². The molecule has 23 heavy (non-hydrogen) atoms. The lowest BCUT2D eigenvalue weighted by Gasteiger charge is -2.44. The molecule has 0 bridgehead atoms. The molecule has 2 aliphatic rings. The second-order valence-electron chi connectivity index (χ2n) is 6.94. The molecule has 0 aromatic carbocycles. The third kappa shape index (κ3) is 2.85. The van der Waals surface area contributed by atoms with Gasteiger partial charge in [0.2, 0.25) is 0 Å². The molecule has 0 radical (unpaired) electrons. The molecule has 6 atom stereocenters. The van der Waals surface area contributed by atoms with Gasteiger partial charge in [-0.3, -0.25) is 4.98 Å². The predicted octanol–water partition coefficient (Wildman–Crippen LogP) is 3.44. The maximum absolute atomic E-state index is 12.1. The van der Waals surface area contributed by atoms with Crippen LogP contribution in [0.5, 0.6) is 0 Å². The largest absolute Gasteiger partial charge is 0.460 e. The van der Waals surface area contributed by atoms with Crippen molar-refractivity contribution in [2.75, 3.05) is 0 Å². The molecule has 124 valence electrons. The van der Waals surface area contributed by atoms with Crippen molar-refractivity contribution >= 4 is 28.0 Å². The fourth-order valence-corrected chi connectivity index (χ4v) is 4.33. The molecular weight excluding hydrogens is 358 g/mol. The molecule has 0 amide bonds. The zero-order chi connectivity index (χ0) is 16.8. The summed E-state index contributed by atoms with van der Waals surface area (Å²) in [5.41, 5.74) is -0.493. The van der Waals surface area contributed by atoms with Gasteiger partial charge in [-0.15, -0.1) is 0 Å². The molecule has 1 saturated heterocycles. The second-order valence-corrected chi connectivity index (χ2v) is 7.85. The fourth-order valence-electron chi connectivity index (χ4n) is 4.09. The van der Waals surface area contributed by atoms with Gasteiger partial charge in [-0.05, 0) is 65.2 Å². The Morgan fingerprint density at radius 2 is 2.13 bits per heavy atom. The van der Waals surface area contributed by atoms with E-state index in [2.05, 4.69) is 40.8 Å². The molecule has 1 aromatic rings. The minimum atomic E-state index is -1.35. The minimum Gasteiger partial charge on any atom is -0.460 e. The number of cyclic esters (lactones) is 1. The number of halogens is 1. The number of ether oxygens (including phenoxy) is 1. The number of pyridine rings is 1. The number of carbonyl (C=O) groups excluding carboxylic acids is 1. The van der Waals surface area contributed by atoms with E-state index in [1.165, 1.54) is 0 Å². The zero-order valence-electron chi connectivity index (χ0n) is 13.6. The summed E-state index contributed by atoms with van der Waals surface area (Å²) in [6.45, 7) is 6.15. The topological polar surface area (TPSA) is 59.4 Å². The normalized spacial score (nSPS) is 40.2. The van der Waals surface area contributed by atoms with Crippen molar-refractivity contribution in [2.45, 2.75) is 38.9 Å². The van der Waals surface area contributed by atoms with Crippen LogP contribution in [0.15, 0.2) is 28.9 Å². The van der Waals surface area contributed by atoms with Crippen LogP contribution in [0.25, 0.3) is 6.08 Å². The number of hydrogen-bond donors (Lipinski definition) is 1. The molecule has 2 fully saturated rings. The Labute approximate surface area is 145 Å². The highest BCUT2D eigenvalue weighted by Gasteiger charge is 2.61. The Balaban J connectivity index is 1.91. The summed E-state index contributed by atoms with van der Waals surface area (Å²) >= 11 is 3.38. The Bertz CT molecular complexity index is 630. The number of aromatic nitrogens is 1. The Hall–Kier alpha value is -1.20. The van der Waals surface area contributed by atoms with Crippen molar-refractivity contribution < 1.29 is 14.6 Å². The summed E-state index contributed by atoms with van der Waals surface area (Å²) in [6, 6.07) is 3.88. The standard InChI is InChI=1S/C18H22BrNO3/c1-10-8-18(22)16(12(3)23-17(18)21)15(11(10)2)7-6-14-5-4-13(19)9-20-14/h4-7,9-12,15-16,22H,8H2,1-3H3/b7-6+/t10-,11+,12+,15-,16-,18-/m0/s1. The fraction of sp³-hybridized carbons (Fsp3) is 0.556. The average Bonchev–Trinajstić information content (AvgIpc) is 2.71. The summed E-state index contributed by atoms with van der Waals surface area (Å²) in [6.07, 6.45) is 6.03. The molecule has 1 aromatic heterocycles. The summed E-state index contributed by atoms with van der Waals surface area (Å²) in [7, 11) is 0. The van der Waals surface area contributed by atoms with Crippen LogP contribution in [0.3, 0.4) is 0 Å². The third-order valence-electron chi connectivity index (χ3n) is 5.50. The highest BCUT2D eigenvalue weighted by Crippen LogP contribution is 2.51. The van der Waals surface area contributed by atoms with E-state index in [9.17, 15) is 9.90 Å². The molecule has 5 heteroatoms. The first-order valence-electron chi connectivity index (χ1n) is 8.06. The smallest absolute Gasteiger partial charge is 0.338 e. The summed E-state index contributed by atoms with van der Waals surface area (Å²) < 4.78 is 6.30. The van der Waals surface area contributed by atoms with E-state index in [0.717, 1.165) is 10.2 Å². The first-order valence-corrected chi connectivity index (χ1v) is 8.85. The second kappa shape index (κ2) is 6.02. The highest BCUT2D eigenvalue weighted by molar-refractivity contribution is 9.10. The van der Waals surface area contributed by atoms with Gasteiger partial charge in [0.1, 0.15) is 6.10 Å². The van der Waals surface area contributed by atoms with Gasteiger partial charge in [0, 0.05) is 16.6 Å². The average molecular weight is 380 g/mol. The van der Waals surface area contributed by atoms with Gasteiger partial charge >= 0.3 is 5.97 Å². The molecule has 0 spiro atoms. The first kappa shape index (κ1) is 16.7. The van der Waals surface area contributed by atoms with Crippen molar-refractivity contribution in [1.82, 2.24) is 4.98 Å². The molecule has 1 N–H and O–H groups in total. The third-order valence-corrected chi connectivity index (χ3v) is 5.96. The number of fused-ring (bicyclic) bond motifs is 1. The van der Waals surface area contributed by atoms with Gasteiger partial charge in [0.05, 0.1) is 5.69 Å². The summed E-state index contributed by atoms with van der Waals surface area (Å²) in [4.78, 5) is 16.5. The molecule has 4 nitrogen and oxygen atoms in total. The molecule has 1 saturated carbocycles. The maximum atomic E-state index is 12.1. The number of allylic oxidation sites excluding steroid dienone is 1. The summed E-state index contributed by atoms with van der Waals surface area (Å²) in [5.74, 6) is 0.0306. The predicted molar refractivity (Wildman–Crippen MR) is 91.4 cm³/mol. The number of rotatable bonds is 2. The number of aliphatic hydroxyl groups is 1. The van der Waals surface area contributed by atoms with E-state index in [1.54, 1.807) is 6.20 Å². The summed E-state index contributed by atoms with van der Waals surface area (Å²) in [5, 5.41) is 10.9. The van der Waals surface area contributed by atoms with Crippen LogP contribution in [-0.4, -0.2) is 27.8 Å². The van der Waals surface area contributed by atoms with Crippen LogP contribution in [0.1, 0.15) is 32.9 Å². The van der Waals surface area contributed by atoms with Crippen molar-refractivity contribution in [3.63, 3.8) is 0 Å². The van der Waals surface area contributed by atoms with Crippen LogP contribution in [-0.2, 0) is 9.53 Å². The number of carbonyl (C=O) groups is 1. The lowest BCUT2D eigenvalue weighted by atomic mass is 9.60. The molecule has 3 rings (SSSR count). The SMILES string of the molecule is C[C@H]1[C@H](/C=C/c2ccc(Br)cn2)[C@@H]2[C@@H](C)OC(=O)[C@]2(O)C[C@@H]1C. The monoisotopic (exact) mass is 379 g/mol. The van der Waals surface area contributed by atoms with Gasteiger partial charge in [-0.1, -0.05) is 19.9 Å². The van der Waals surface area contributed by atoms with E-state index in [4.69, 9.17) is 4.74 Å². The Kier molecular flexibility index (Phi) is 4.36. The molecule has 0 unspecified atom stereocenters. The van der Waals surface area contributed by atoms with E-state index in [1.807, 2.05) is 25.1 Å². The van der Waals surface area contributed by atoms with E-state index < -0.39 is 11.6 Å². The maximum Gasteiger partial charge on any atom is 0.338 e. The van der Waals surface area contributed by atoms with Crippen molar-refractivity contribution in [3.8, 4) is 0 Å². The van der Waals surface area contributed by atoms with Crippen LogP contribution >= 0.6 is 15.9 Å². The first-order chi connectivity index (χ1) is 10.8. The molecule has 1 aliphatic carbocycles. The number of nitrogens with zero attached hydrogens (tertiary/aromatic N) is 1.